The van der Waals surface area contributed by atoms with Gasteiger partial charge in [-0.15, -0.1) is 0 Å². The quantitative estimate of drug-likeness (QED) is 0.629. The molecule has 0 rings (SSSR count). The lowest BCUT2D eigenvalue weighted by Crippen LogP contribution is -2.36. The standard InChI is InChI=1S/C9H20N2O2/c1-7(10-6-8(2)12)5-9(13)11(3)4/h7-8,10,12H,5-6H2,1-4H3/t7?,8-/m0/s1. The van der Waals surface area contributed by atoms with E-state index < -0.39 is 0 Å². The van der Waals surface area contributed by atoms with Crippen LogP contribution in [-0.4, -0.2) is 48.7 Å². The van der Waals surface area contributed by atoms with Crippen LogP contribution < -0.4 is 5.32 Å². The number of rotatable bonds is 5. The summed E-state index contributed by atoms with van der Waals surface area (Å²) in [4.78, 5) is 12.8. The Morgan fingerprint density at radius 1 is 1.46 bits per heavy atom. The molecule has 0 spiro atoms. The van der Waals surface area contributed by atoms with Gasteiger partial charge >= 0.3 is 0 Å². The van der Waals surface area contributed by atoms with Crippen molar-refractivity contribution >= 4 is 5.91 Å². The van der Waals surface area contributed by atoms with Crippen LogP contribution in [0.25, 0.3) is 0 Å². The van der Waals surface area contributed by atoms with Gasteiger partial charge in [0.05, 0.1) is 6.10 Å². The zero-order valence-corrected chi connectivity index (χ0v) is 8.87. The molecule has 78 valence electrons. The lowest BCUT2D eigenvalue weighted by atomic mass is 10.2. The second-order valence-corrected chi connectivity index (χ2v) is 3.65. The van der Waals surface area contributed by atoms with Gasteiger partial charge in [0.15, 0.2) is 0 Å². The fraction of sp³-hybridized carbons (Fsp3) is 0.889. The molecule has 0 aromatic heterocycles. The Labute approximate surface area is 79.9 Å². The third kappa shape index (κ3) is 6.54. The molecule has 1 amide bonds. The molecule has 0 aromatic rings. The van der Waals surface area contributed by atoms with Crippen molar-refractivity contribution in [2.45, 2.75) is 32.4 Å². The summed E-state index contributed by atoms with van der Waals surface area (Å²) in [6.07, 6.45) is 0.108. The molecular formula is C9H20N2O2. The average Bonchev–Trinajstić information content (AvgIpc) is 2.00. The van der Waals surface area contributed by atoms with Crippen LogP contribution in [0.15, 0.2) is 0 Å². The monoisotopic (exact) mass is 188 g/mol. The van der Waals surface area contributed by atoms with E-state index in [2.05, 4.69) is 5.32 Å². The third-order valence-electron chi connectivity index (χ3n) is 1.74. The SMILES string of the molecule is CC(CC(=O)N(C)C)NC[C@H](C)O. The number of hydrogen-bond donors (Lipinski definition) is 2. The maximum absolute atomic E-state index is 11.2. The van der Waals surface area contributed by atoms with Crippen LogP contribution in [0.2, 0.25) is 0 Å². The van der Waals surface area contributed by atoms with Gasteiger partial charge in [0, 0.05) is 33.1 Å². The van der Waals surface area contributed by atoms with Crippen molar-refractivity contribution in [3.8, 4) is 0 Å². The Kier molecular flexibility index (Phi) is 5.66. The number of amides is 1. The molecule has 0 bridgehead atoms. The molecule has 4 heteroatoms. The normalized spacial score (nSPS) is 15.2. The maximum Gasteiger partial charge on any atom is 0.223 e. The smallest absolute Gasteiger partial charge is 0.223 e. The van der Waals surface area contributed by atoms with Crippen LogP contribution in [0.3, 0.4) is 0 Å². The highest BCUT2D eigenvalue weighted by molar-refractivity contribution is 5.76. The van der Waals surface area contributed by atoms with E-state index in [4.69, 9.17) is 5.11 Å². The molecule has 0 heterocycles. The zero-order valence-electron chi connectivity index (χ0n) is 8.87. The predicted octanol–water partition coefficient (Wildman–Crippen LogP) is -0.176. The van der Waals surface area contributed by atoms with Crippen molar-refractivity contribution < 1.29 is 9.90 Å². The number of nitrogens with zero attached hydrogens (tertiary/aromatic N) is 1. The summed E-state index contributed by atoms with van der Waals surface area (Å²) >= 11 is 0. The van der Waals surface area contributed by atoms with E-state index in [0.717, 1.165) is 0 Å². The summed E-state index contributed by atoms with van der Waals surface area (Å²) < 4.78 is 0. The van der Waals surface area contributed by atoms with E-state index in [1.807, 2.05) is 6.92 Å². The molecule has 0 aliphatic rings. The highest BCUT2D eigenvalue weighted by atomic mass is 16.3. The third-order valence-corrected chi connectivity index (χ3v) is 1.74. The molecule has 0 aliphatic heterocycles. The summed E-state index contributed by atoms with van der Waals surface area (Å²) in [5.41, 5.74) is 0. The molecule has 13 heavy (non-hydrogen) atoms. The highest BCUT2D eigenvalue weighted by Crippen LogP contribution is 1.94. The first-order valence-corrected chi connectivity index (χ1v) is 4.55. The minimum absolute atomic E-state index is 0.102. The predicted molar refractivity (Wildman–Crippen MR) is 52.5 cm³/mol. The van der Waals surface area contributed by atoms with Gasteiger partial charge in [0.1, 0.15) is 0 Å². The van der Waals surface area contributed by atoms with Crippen LogP contribution in [0.4, 0.5) is 0 Å². The van der Waals surface area contributed by atoms with Crippen molar-refractivity contribution in [2.24, 2.45) is 0 Å². The molecule has 4 nitrogen and oxygen atoms in total. The number of carbonyl (C=O) groups excluding carboxylic acids is 1. The van der Waals surface area contributed by atoms with Gasteiger partial charge < -0.3 is 15.3 Å². The first-order chi connectivity index (χ1) is 5.93. The number of nitrogens with one attached hydrogen (secondary N) is 1. The number of aliphatic hydroxyl groups is 1. The Hall–Kier alpha value is -0.610. The van der Waals surface area contributed by atoms with E-state index in [-0.39, 0.29) is 18.1 Å². The summed E-state index contributed by atoms with van der Waals surface area (Å²) in [6, 6.07) is 0.115. The summed E-state index contributed by atoms with van der Waals surface area (Å²) in [6.45, 7) is 4.18. The van der Waals surface area contributed by atoms with Crippen molar-refractivity contribution in [1.82, 2.24) is 10.2 Å². The van der Waals surface area contributed by atoms with Crippen LogP contribution in [0.1, 0.15) is 20.3 Å². The Balaban J connectivity index is 3.62. The first kappa shape index (κ1) is 12.4. The van der Waals surface area contributed by atoms with E-state index in [1.165, 1.54) is 0 Å². The van der Waals surface area contributed by atoms with Gasteiger partial charge in [-0.3, -0.25) is 4.79 Å². The second-order valence-electron chi connectivity index (χ2n) is 3.65. The molecule has 0 aliphatic carbocycles. The number of hydrogen-bond acceptors (Lipinski definition) is 3. The maximum atomic E-state index is 11.2. The van der Waals surface area contributed by atoms with Gasteiger partial charge in [-0.25, -0.2) is 0 Å². The first-order valence-electron chi connectivity index (χ1n) is 4.55. The van der Waals surface area contributed by atoms with Crippen molar-refractivity contribution in [3.05, 3.63) is 0 Å². The van der Waals surface area contributed by atoms with E-state index >= 15 is 0 Å². The molecule has 0 aromatic carbocycles. The zero-order chi connectivity index (χ0) is 10.4. The summed E-state index contributed by atoms with van der Waals surface area (Å²) in [5, 5.41) is 12.1. The van der Waals surface area contributed by atoms with E-state index in [1.54, 1.807) is 25.9 Å². The summed E-state index contributed by atoms with van der Waals surface area (Å²) in [7, 11) is 3.48. The van der Waals surface area contributed by atoms with Crippen LogP contribution in [0.5, 0.6) is 0 Å². The molecule has 2 atom stereocenters. The van der Waals surface area contributed by atoms with Crippen LogP contribution >= 0.6 is 0 Å². The highest BCUT2D eigenvalue weighted by Gasteiger charge is 2.10. The van der Waals surface area contributed by atoms with Gasteiger partial charge in [-0.1, -0.05) is 0 Å². The number of carbonyl (C=O) groups is 1. The fourth-order valence-corrected chi connectivity index (χ4v) is 0.888. The topological polar surface area (TPSA) is 52.6 Å². The fourth-order valence-electron chi connectivity index (χ4n) is 0.888. The Morgan fingerprint density at radius 2 is 2.00 bits per heavy atom. The van der Waals surface area contributed by atoms with E-state index in [9.17, 15) is 4.79 Å². The molecule has 1 unspecified atom stereocenters. The van der Waals surface area contributed by atoms with Crippen molar-refractivity contribution in [3.63, 3.8) is 0 Å². The Morgan fingerprint density at radius 3 is 2.38 bits per heavy atom. The van der Waals surface area contributed by atoms with Gasteiger partial charge in [0.25, 0.3) is 0 Å². The molecule has 0 saturated carbocycles. The minimum atomic E-state index is -0.364. The largest absolute Gasteiger partial charge is 0.392 e. The number of aliphatic hydroxyl groups excluding tert-OH is 1. The molecule has 0 radical (unpaired) electrons. The molecule has 2 N–H and O–H groups in total. The van der Waals surface area contributed by atoms with E-state index in [0.29, 0.717) is 13.0 Å². The lowest BCUT2D eigenvalue weighted by molar-refractivity contribution is -0.129. The average molecular weight is 188 g/mol. The minimum Gasteiger partial charge on any atom is -0.392 e. The van der Waals surface area contributed by atoms with Crippen LogP contribution in [-0.2, 0) is 4.79 Å². The Bertz CT molecular complexity index is 158. The van der Waals surface area contributed by atoms with Gasteiger partial charge in [0.2, 0.25) is 5.91 Å². The summed E-state index contributed by atoms with van der Waals surface area (Å²) in [5.74, 6) is 0.102. The van der Waals surface area contributed by atoms with Crippen LogP contribution in [0, 0.1) is 0 Å². The van der Waals surface area contributed by atoms with Gasteiger partial charge in [-0.2, -0.15) is 0 Å². The second kappa shape index (κ2) is 5.94. The molecule has 0 fully saturated rings. The molecular weight excluding hydrogens is 168 g/mol. The molecule has 0 saturated heterocycles. The van der Waals surface area contributed by atoms with Gasteiger partial charge in [-0.05, 0) is 13.8 Å². The lowest BCUT2D eigenvalue weighted by Gasteiger charge is -2.17. The van der Waals surface area contributed by atoms with Crippen molar-refractivity contribution in [2.75, 3.05) is 20.6 Å². The van der Waals surface area contributed by atoms with Crippen molar-refractivity contribution in [1.29, 1.82) is 0 Å².